The number of rotatable bonds is 4. The Labute approximate surface area is 159 Å². The molecule has 1 aliphatic heterocycles. The van der Waals surface area contributed by atoms with Crippen molar-refractivity contribution in [2.24, 2.45) is 0 Å². The topological polar surface area (TPSA) is 75.2 Å². The maximum atomic E-state index is 12.8. The zero-order valence-electron chi connectivity index (χ0n) is 15.0. The molecule has 6 nitrogen and oxygen atoms in total. The number of aromatic nitrogens is 2. The van der Waals surface area contributed by atoms with Crippen LogP contribution in [0.15, 0.2) is 59.5 Å². The molecule has 7 heteroatoms. The minimum Gasteiger partial charge on any atom is -0.354 e. The molecular weight excluding hydrogens is 360 g/mol. The Kier molecular flexibility index (Phi) is 4.94. The number of sulfonamides is 1. The van der Waals surface area contributed by atoms with Crippen LogP contribution in [0.25, 0.3) is 11.0 Å². The largest absolute Gasteiger partial charge is 0.354 e. The van der Waals surface area contributed by atoms with Crippen molar-refractivity contribution in [1.29, 1.82) is 0 Å². The molecule has 1 N–H and O–H groups in total. The molecule has 0 saturated carbocycles. The number of hydrogen-bond donors (Lipinski definition) is 1. The van der Waals surface area contributed by atoms with E-state index in [1.807, 2.05) is 24.3 Å². The van der Waals surface area contributed by atoms with Crippen LogP contribution in [0.2, 0.25) is 0 Å². The lowest BCUT2D eigenvalue weighted by molar-refractivity contribution is 0.601. The van der Waals surface area contributed by atoms with E-state index in [-0.39, 0.29) is 4.90 Å². The quantitative estimate of drug-likeness (QED) is 0.743. The molecule has 3 aromatic rings. The standard InChI is InChI=1S/C20H22N4O2S/c25-27(26,16-10-4-3-5-11-16)23-19-20(24-14-8-1-2-9-15-24)22-18-13-7-6-12-17(18)21-19/h3-7,10-13H,1-2,8-9,14-15H2,(H,21,23). The Balaban J connectivity index is 1.79. The molecule has 0 radical (unpaired) electrons. The van der Waals surface area contributed by atoms with E-state index < -0.39 is 10.0 Å². The van der Waals surface area contributed by atoms with Gasteiger partial charge in [0.25, 0.3) is 10.0 Å². The van der Waals surface area contributed by atoms with Crippen molar-refractivity contribution in [2.75, 3.05) is 22.7 Å². The maximum Gasteiger partial charge on any atom is 0.263 e. The lowest BCUT2D eigenvalue weighted by atomic mass is 10.2. The third-order valence-corrected chi connectivity index (χ3v) is 6.10. The van der Waals surface area contributed by atoms with Gasteiger partial charge in [-0.3, -0.25) is 4.72 Å². The Bertz CT molecular complexity index is 1030. The Morgan fingerprint density at radius 2 is 1.37 bits per heavy atom. The first-order chi connectivity index (χ1) is 13.1. The van der Waals surface area contributed by atoms with Crippen molar-refractivity contribution in [2.45, 2.75) is 30.6 Å². The van der Waals surface area contributed by atoms with E-state index in [4.69, 9.17) is 4.98 Å². The monoisotopic (exact) mass is 382 g/mol. The summed E-state index contributed by atoms with van der Waals surface area (Å²) in [5.74, 6) is 0.898. The van der Waals surface area contributed by atoms with Crippen LogP contribution >= 0.6 is 0 Å². The maximum absolute atomic E-state index is 12.8. The summed E-state index contributed by atoms with van der Waals surface area (Å²) in [6, 6.07) is 15.9. The van der Waals surface area contributed by atoms with Gasteiger partial charge in [-0.1, -0.05) is 43.2 Å². The van der Waals surface area contributed by atoms with Crippen molar-refractivity contribution >= 4 is 32.7 Å². The van der Waals surface area contributed by atoms with Crippen molar-refractivity contribution in [3.63, 3.8) is 0 Å². The second kappa shape index (κ2) is 7.52. The van der Waals surface area contributed by atoms with Gasteiger partial charge in [0.2, 0.25) is 0 Å². The van der Waals surface area contributed by atoms with E-state index in [0.717, 1.165) is 31.4 Å². The number of fused-ring (bicyclic) bond motifs is 1. The van der Waals surface area contributed by atoms with Gasteiger partial charge in [-0.15, -0.1) is 0 Å². The number of anilines is 2. The zero-order chi connectivity index (χ0) is 18.7. The van der Waals surface area contributed by atoms with E-state index in [1.54, 1.807) is 30.3 Å². The summed E-state index contributed by atoms with van der Waals surface area (Å²) in [4.78, 5) is 11.7. The predicted octanol–water partition coefficient (Wildman–Crippen LogP) is 3.81. The molecule has 1 aliphatic rings. The highest BCUT2D eigenvalue weighted by molar-refractivity contribution is 7.92. The Morgan fingerprint density at radius 3 is 2.04 bits per heavy atom. The van der Waals surface area contributed by atoms with Gasteiger partial charge in [-0.2, -0.15) is 0 Å². The number of nitrogens with zero attached hydrogens (tertiary/aromatic N) is 3. The fourth-order valence-electron chi connectivity index (χ4n) is 3.35. The molecule has 0 unspecified atom stereocenters. The van der Waals surface area contributed by atoms with Gasteiger partial charge in [-0.25, -0.2) is 18.4 Å². The molecule has 0 spiro atoms. The smallest absolute Gasteiger partial charge is 0.263 e. The van der Waals surface area contributed by atoms with E-state index in [1.165, 1.54) is 12.8 Å². The van der Waals surface area contributed by atoms with Crippen LogP contribution in [0.5, 0.6) is 0 Å². The van der Waals surface area contributed by atoms with Gasteiger partial charge in [0.1, 0.15) is 0 Å². The molecular formula is C20H22N4O2S. The van der Waals surface area contributed by atoms with Crippen molar-refractivity contribution in [3.8, 4) is 0 Å². The SMILES string of the molecule is O=S(=O)(Nc1nc2ccccc2nc1N1CCCCCC1)c1ccccc1. The molecule has 1 aromatic heterocycles. The Morgan fingerprint density at radius 1 is 0.778 bits per heavy atom. The predicted molar refractivity (Wildman–Crippen MR) is 107 cm³/mol. The lowest BCUT2D eigenvalue weighted by Crippen LogP contribution is -2.27. The third kappa shape index (κ3) is 3.88. The van der Waals surface area contributed by atoms with Crippen LogP contribution in [0.4, 0.5) is 11.6 Å². The highest BCUT2D eigenvalue weighted by Gasteiger charge is 2.22. The number of para-hydroxylation sites is 2. The summed E-state index contributed by atoms with van der Waals surface area (Å²) in [7, 11) is -3.73. The summed E-state index contributed by atoms with van der Waals surface area (Å²) in [5, 5.41) is 0. The molecule has 0 bridgehead atoms. The molecule has 0 aliphatic carbocycles. The molecule has 4 rings (SSSR count). The summed E-state index contributed by atoms with van der Waals surface area (Å²) in [6.45, 7) is 1.71. The van der Waals surface area contributed by atoms with Gasteiger partial charge in [-0.05, 0) is 37.1 Å². The van der Waals surface area contributed by atoms with Gasteiger partial charge in [0, 0.05) is 13.1 Å². The molecule has 2 aromatic carbocycles. The van der Waals surface area contributed by atoms with Gasteiger partial charge in [0.05, 0.1) is 15.9 Å². The van der Waals surface area contributed by atoms with Crippen LogP contribution in [-0.2, 0) is 10.0 Å². The molecule has 2 heterocycles. The second-order valence-electron chi connectivity index (χ2n) is 6.70. The van der Waals surface area contributed by atoms with E-state index in [0.29, 0.717) is 17.2 Å². The highest BCUT2D eigenvalue weighted by Crippen LogP contribution is 2.29. The minimum absolute atomic E-state index is 0.210. The summed E-state index contributed by atoms with van der Waals surface area (Å²) in [6.07, 6.45) is 4.50. The fourth-order valence-corrected chi connectivity index (χ4v) is 4.37. The molecule has 140 valence electrons. The molecule has 1 saturated heterocycles. The Hall–Kier alpha value is -2.67. The molecule has 0 atom stereocenters. The molecule has 1 fully saturated rings. The van der Waals surface area contributed by atoms with Gasteiger partial charge < -0.3 is 4.90 Å². The summed E-state index contributed by atoms with van der Waals surface area (Å²) < 4.78 is 28.4. The second-order valence-corrected chi connectivity index (χ2v) is 8.39. The first-order valence-electron chi connectivity index (χ1n) is 9.23. The third-order valence-electron chi connectivity index (χ3n) is 4.74. The number of hydrogen-bond acceptors (Lipinski definition) is 5. The fraction of sp³-hybridized carbons (Fsp3) is 0.300. The first-order valence-corrected chi connectivity index (χ1v) is 10.7. The van der Waals surface area contributed by atoms with Crippen LogP contribution in [0.1, 0.15) is 25.7 Å². The number of benzene rings is 2. The average Bonchev–Trinajstić information content (AvgIpc) is 2.97. The molecule has 0 amide bonds. The zero-order valence-corrected chi connectivity index (χ0v) is 15.8. The number of nitrogens with one attached hydrogen (secondary N) is 1. The van der Waals surface area contributed by atoms with Crippen LogP contribution in [0, 0.1) is 0 Å². The summed E-state index contributed by atoms with van der Waals surface area (Å²) in [5.41, 5.74) is 1.43. The van der Waals surface area contributed by atoms with Crippen LogP contribution in [0.3, 0.4) is 0 Å². The van der Waals surface area contributed by atoms with Crippen LogP contribution < -0.4 is 9.62 Å². The highest BCUT2D eigenvalue weighted by atomic mass is 32.2. The van der Waals surface area contributed by atoms with Gasteiger partial charge in [0.15, 0.2) is 11.6 Å². The van der Waals surface area contributed by atoms with Gasteiger partial charge >= 0.3 is 0 Å². The lowest BCUT2D eigenvalue weighted by Gasteiger charge is -2.24. The summed E-state index contributed by atoms with van der Waals surface area (Å²) >= 11 is 0. The van der Waals surface area contributed by atoms with E-state index in [2.05, 4.69) is 14.6 Å². The normalized spacial score (nSPS) is 15.5. The minimum atomic E-state index is -3.73. The van der Waals surface area contributed by atoms with E-state index >= 15 is 0 Å². The van der Waals surface area contributed by atoms with Crippen LogP contribution in [-0.4, -0.2) is 31.5 Å². The van der Waals surface area contributed by atoms with Crippen molar-refractivity contribution in [3.05, 3.63) is 54.6 Å². The molecule has 27 heavy (non-hydrogen) atoms. The first kappa shape index (κ1) is 17.7. The van der Waals surface area contributed by atoms with Crippen molar-refractivity contribution < 1.29 is 8.42 Å². The van der Waals surface area contributed by atoms with Crippen molar-refractivity contribution in [1.82, 2.24) is 9.97 Å². The average molecular weight is 382 g/mol. The van der Waals surface area contributed by atoms with E-state index in [9.17, 15) is 8.42 Å².